The highest BCUT2D eigenvalue weighted by Crippen LogP contribution is 2.25. The smallest absolute Gasteiger partial charge is 0.316 e. The first-order valence-corrected chi connectivity index (χ1v) is 11.3. The molecular weight excluding hydrogens is 412 g/mol. The maximum absolute atomic E-state index is 11.8. The standard InChI is InChI=1S/C15H18N4O5S3/c1-19(27(2,22)23)8-12(20)16-14-17-18-15(26-14)25-10-13(21)24-9-11-6-4-3-5-7-11/h3-7H,8-10H2,1-2H3,(H,16,17,20). The number of rotatable bonds is 9. The number of aromatic nitrogens is 2. The molecule has 0 bridgehead atoms. The highest BCUT2D eigenvalue weighted by molar-refractivity contribution is 8.01. The number of carbonyl (C=O) groups excluding carboxylic acids is 2. The second-order valence-electron chi connectivity index (χ2n) is 5.38. The van der Waals surface area contributed by atoms with E-state index >= 15 is 0 Å². The monoisotopic (exact) mass is 430 g/mol. The lowest BCUT2D eigenvalue weighted by molar-refractivity contribution is -0.141. The molecule has 0 spiro atoms. The third-order valence-corrected chi connectivity index (χ3v) is 6.35. The lowest BCUT2D eigenvalue weighted by atomic mass is 10.2. The summed E-state index contributed by atoms with van der Waals surface area (Å²) < 4.78 is 29.1. The van der Waals surface area contributed by atoms with Crippen molar-refractivity contribution in [3.05, 3.63) is 35.9 Å². The molecule has 1 aromatic carbocycles. The predicted molar refractivity (Wildman–Crippen MR) is 103 cm³/mol. The van der Waals surface area contributed by atoms with E-state index in [9.17, 15) is 18.0 Å². The number of esters is 1. The third-order valence-electron chi connectivity index (χ3n) is 3.14. The highest BCUT2D eigenvalue weighted by atomic mass is 32.2. The average Bonchev–Trinajstić information content (AvgIpc) is 3.05. The fourth-order valence-corrected chi connectivity index (χ4v) is 3.62. The van der Waals surface area contributed by atoms with Crippen molar-refractivity contribution in [2.45, 2.75) is 10.9 Å². The van der Waals surface area contributed by atoms with Crippen molar-refractivity contribution >= 4 is 50.1 Å². The Morgan fingerprint density at radius 1 is 1.26 bits per heavy atom. The molecule has 0 aliphatic heterocycles. The summed E-state index contributed by atoms with van der Waals surface area (Å²) in [5.74, 6) is -0.857. The van der Waals surface area contributed by atoms with Crippen LogP contribution in [0.25, 0.3) is 0 Å². The van der Waals surface area contributed by atoms with E-state index in [1.54, 1.807) is 0 Å². The van der Waals surface area contributed by atoms with Gasteiger partial charge in [-0.2, -0.15) is 4.31 Å². The Balaban J connectivity index is 1.75. The van der Waals surface area contributed by atoms with Crippen molar-refractivity contribution in [3.8, 4) is 0 Å². The van der Waals surface area contributed by atoms with Crippen molar-refractivity contribution in [1.82, 2.24) is 14.5 Å². The van der Waals surface area contributed by atoms with Crippen molar-refractivity contribution in [3.63, 3.8) is 0 Å². The van der Waals surface area contributed by atoms with Crippen LogP contribution in [0, 0.1) is 0 Å². The molecule has 0 aliphatic carbocycles. The van der Waals surface area contributed by atoms with Crippen LogP contribution >= 0.6 is 23.1 Å². The first-order chi connectivity index (χ1) is 12.7. The zero-order valence-electron chi connectivity index (χ0n) is 14.6. The third kappa shape index (κ3) is 7.62. The molecule has 0 fully saturated rings. The summed E-state index contributed by atoms with van der Waals surface area (Å²) >= 11 is 2.23. The zero-order chi connectivity index (χ0) is 19.9. The maximum Gasteiger partial charge on any atom is 0.316 e. The molecule has 1 amide bonds. The van der Waals surface area contributed by atoms with Gasteiger partial charge in [0.15, 0.2) is 4.34 Å². The number of hydrogen-bond acceptors (Lipinski definition) is 9. The SMILES string of the molecule is CN(CC(=O)Nc1nnc(SCC(=O)OCc2ccccc2)s1)S(C)(=O)=O. The Morgan fingerprint density at radius 3 is 2.63 bits per heavy atom. The molecule has 1 N–H and O–H groups in total. The molecule has 2 aromatic rings. The van der Waals surface area contributed by atoms with Crippen LogP contribution in [0.4, 0.5) is 5.13 Å². The summed E-state index contributed by atoms with van der Waals surface area (Å²) in [6, 6.07) is 9.33. The van der Waals surface area contributed by atoms with E-state index in [-0.39, 0.29) is 30.0 Å². The first kappa shape index (κ1) is 21.3. The van der Waals surface area contributed by atoms with Crippen LogP contribution in [-0.2, 0) is 31.0 Å². The fraction of sp³-hybridized carbons (Fsp3) is 0.333. The van der Waals surface area contributed by atoms with Gasteiger partial charge in [-0.3, -0.25) is 14.9 Å². The van der Waals surface area contributed by atoms with Gasteiger partial charge in [-0.15, -0.1) is 10.2 Å². The summed E-state index contributed by atoms with van der Waals surface area (Å²) in [6.45, 7) is -0.127. The summed E-state index contributed by atoms with van der Waals surface area (Å²) in [6.07, 6.45) is 1.01. The topological polar surface area (TPSA) is 119 Å². The molecule has 0 saturated carbocycles. The number of benzene rings is 1. The van der Waals surface area contributed by atoms with Gasteiger partial charge < -0.3 is 4.74 Å². The largest absolute Gasteiger partial charge is 0.460 e. The molecular formula is C15H18N4O5S3. The first-order valence-electron chi connectivity index (χ1n) is 7.61. The number of carbonyl (C=O) groups is 2. The Labute approximate surface area is 165 Å². The van der Waals surface area contributed by atoms with Crippen LogP contribution in [-0.4, -0.2) is 60.4 Å². The van der Waals surface area contributed by atoms with E-state index in [4.69, 9.17) is 4.74 Å². The lowest BCUT2D eigenvalue weighted by Gasteiger charge is -2.12. The van der Waals surface area contributed by atoms with E-state index in [0.29, 0.717) is 4.34 Å². The van der Waals surface area contributed by atoms with Gasteiger partial charge in [-0.05, 0) is 5.56 Å². The molecule has 0 saturated heterocycles. The van der Waals surface area contributed by atoms with E-state index < -0.39 is 15.9 Å². The van der Waals surface area contributed by atoms with Crippen molar-refractivity contribution in [2.75, 3.05) is 30.9 Å². The molecule has 12 heteroatoms. The Morgan fingerprint density at radius 2 is 1.96 bits per heavy atom. The minimum atomic E-state index is -3.44. The second kappa shape index (κ2) is 9.78. The van der Waals surface area contributed by atoms with Crippen molar-refractivity contribution in [2.24, 2.45) is 0 Å². The van der Waals surface area contributed by atoms with Gasteiger partial charge in [0.1, 0.15) is 6.61 Å². The molecule has 0 atom stereocenters. The highest BCUT2D eigenvalue weighted by Gasteiger charge is 2.17. The van der Waals surface area contributed by atoms with Crippen molar-refractivity contribution in [1.29, 1.82) is 0 Å². The van der Waals surface area contributed by atoms with Crippen LogP contribution < -0.4 is 5.32 Å². The number of likely N-dealkylation sites (N-methyl/N-ethyl adjacent to an activating group) is 1. The summed E-state index contributed by atoms with van der Waals surface area (Å²) in [4.78, 5) is 23.6. The number of ether oxygens (including phenoxy) is 1. The molecule has 2 rings (SSSR count). The zero-order valence-corrected chi connectivity index (χ0v) is 17.1. The van der Waals surface area contributed by atoms with E-state index in [1.807, 2.05) is 30.3 Å². The average molecular weight is 431 g/mol. The van der Waals surface area contributed by atoms with E-state index in [0.717, 1.165) is 39.2 Å². The van der Waals surface area contributed by atoms with Crippen LogP contribution in [0.15, 0.2) is 34.7 Å². The number of anilines is 1. The van der Waals surface area contributed by atoms with Crippen LogP contribution in [0.5, 0.6) is 0 Å². The van der Waals surface area contributed by atoms with Crippen molar-refractivity contribution < 1.29 is 22.7 Å². The fourth-order valence-electron chi connectivity index (χ4n) is 1.70. The number of amides is 1. The quantitative estimate of drug-likeness (QED) is 0.358. The minimum Gasteiger partial charge on any atom is -0.460 e. The van der Waals surface area contributed by atoms with E-state index in [1.165, 1.54) is 7.05 Å². The molecule has 0 radical (unpaired) electrons. The van der Waals surface area contributed by atoms with Crippen LogP contribution in [0.3, 0.4) is 0 Å². The van der Waals surface area contributed by atoms with Crippen LogP contribution in [0.1, 0.15) is 5.56 Å². The summed E-state index contributed by atoms with van der Waals surface area (Å²) in [5.41, 5.74) is 0.899. The number of nitrogens with zero attached hydrogens (tertiary/aromatic N) is 3. The van der Waals surface area contributed by atoms with Gasteiger partial charge in [0.05, 0.1) is 18.6 Å². The molecule has 27 heavy (non-hydrogen) atoms. The molecule has 9 nitrogen and oxygen atoms in total. The minimum absolute atomic E-state index is 0.0617. The maximum atomic E-state index is 11.8. The summed E-state index contributed by atoms with van der Waals surface area (Å²) in [5, 5.41) is 10.4. The van der Waals surface area contributed by atoms with Crippen LogP contribution in [0.2, 0.25) is 0 Å². The van der Waals surface area contributed by atoms with Gasteiger partial charge in [-0.25, -0.2) is 8.42 Å². The van der Waals surface area contributed by atoms with Gasteiger partial charge in [0, 0.05) is 7.05 Å². The lowest BCUT2D eigenvalue weighted by Crippen LogP contribution is -2.34. The molecule has 146 valence electrons. The molecule has 1 aromatic heterocycles. The summed E-state index contributed by atoms with van der Waals surface area (Å²) in [7, 11) is -2.14. The number of thioether (sulfide) groups is 1. The van der Waals surface area contributed by atoms with Gasteiger partial charge in [-0.1, -0.05) is 53.4 Å². The number of hydrogen-bond donors (Lipinski definition) is 1. The molecule has 0 aliphatic rings. The Kier molecular flexibility index (Phi) is 7.71. The molecule has 1 heterocycles. The second-order valence-corrected chi connectivity index (χ2v) is 9.66. The van der Waals surface area contributed by atoms with Gasteiger partial charge >= 0.3 is 5.97 Å². The number of sulfonamides is 1. The Bertz CT molecular complexity index is 886. The predicted octanol–water partition coefficient (Wildman–Crippen LogP) is 1.20. The van der Waals surface area contributed by atoms with E-state index in [2.05, 4.69) is 15.5 Å². The van der Waals surface area contributed by atoms with Gasteiger partial charge in [0.2, 0.25) is 21.1 Å². The normalized spacial score (nSPS) is 11.4. The molecule has 0 unspecified atom stereocenters. The van der Waals surface area contributed by atoms with Gasteiger partial charge in [0.25, 0.3) is 0 Å². The number of nitrogens with one attached hydrogen (secondary N) is 1. The Hall–Kier alpha value is -2.02.